The molecular weight excluding hydrogens is 210 g/mol. The van der Waals surface area contributed by atoms with Gasteiger partial charge in [0.15, 0.2) is 0 Å². The maximum Gasteiger partial charge on any atom is 0.0689 e. The van der Waals surface area contributed by atoms with Crippen molar-refractivity contribution in [3.63, 3.8) is 0 Å². The normalized spacial score (nSPS) is 11.2. The molecule has 0 aliphatic heterocycles. The minimum absolute atomic E-state index is 1.03. The second-order valence-corrected chi connectivity index (χ2v) is 4.68. The Morgan fingerprint density at radius 2 is 2.06 bits per heavy atom. The lowest BCUT2D eigenvalue weighted by Crippen LogP contribution is -2.14. The Bertz CT molecular complexity index is 459. The summed E-state index contributed by atoms with van der Waals surface area (Å²) in [6.45, 7) is 2.19. The van der Waals surface area contributed by atoms with E-state index in [-0.39, 0.29) is 0 Å². The Morgan fingerprint density at radius 1 is 1.18 bits per heavy atom. The van der Waals surface area contributed by atoms with Crippen LogP contribution in [0.5, 0.6) is 0 Å². The molecule has 0 aliphatic rings. The van der Waals surface area contributed by atoms with E-state index in [0.717, 1.165) is 13.1 Å². The second-order valence-electron chi connectivity index (χ2n) is 4.68. The van der Waals surface area contributed by atoms with Crippen LogP contribution in [-0.2, 0) is 0 Å². The lowest BCUT2D eigenvalue weighted by atomic mass is 10.2. The van der Waals surface area contributed by atoms with Crippen LogP contribution >= 0.6 is 0 Å². The van der Waals surface area contributed by atoms with Crippen molar-refractivity contribution in [3.05, 3.63) is 30.5 Å². The van der Waals surface area contributed by atoms with Crippen LogP contribution in [0.1, 0.15) is 12.8 Å². The van der Waals surface area contributed by atoms with Gasteiger partial charge >= 0.3 is 0 Å². The molecule has 1 aromatic carbocycles. The molecule has 0 atom stereocenters. The molecule has 0 radical (unpaired) electrons. The Balaban J connectivity index is 1.84. The maximum atomic E-state index is 3.50. The average molecular weight is 231 g/mol. The van der Waals surface area contributed by atoms with E-state index in [2.05, 4.69) is 53.6 Å². The zero-order valence-electron chi connectivity index (χ0n) is 10.7. The average Bonchev–Trinajstić information content (AvgIpc) is 2.77. The predicted molar refractivity (Wildman–Crippen MR) is 74.6 cm³/mol. The molecule has 0 saturated carbocycles. The molecule has 0 fully saturated rings. The number of hydrogen-bond donors (Lipinski definition) is 2. The van der Waals surface area contributed by atoms with Gasteiger partial charge in [0, 0.05) is 18.1 Å². The van der Waals surface area contributed by atoms with Crippen LogP contribution in [0.25, 0.3) is 10.9 Å². The number of hydrogen-bond acceptors (Lipinski definition) is 2. The van der Waals surface area contributed by atoms with Gasteiger partial charge in [-0.2, -0.15) is 0 Å². The number of para-hydroxylation sites is 1. The number of rotatable bonds is 6. The Hall–Kier alpha value is -1.48. The van der Waals surface area contributed by atoms with Crippen molar-refractivity contribution in [2.24, 2.45) is 0 Å². The number of aromatic nitrogens is 1. The quantitative estimate of drug-likeness (QED) is 0.749. The minimum Gasteiger partial charge on any atom is -0.383 e. The maximum absolute atomic E-state index is 3.50. The first-order chi connectivity index (χ1) is 8.27. The third-order valence-corrected chi connectivity index (χ3v) is 2.93. The third-order valence-electron chi connectivity index (χ3n) is 2.93. The zero-order valence-corrected chi connectivity index (χ0v) is 10.7. The fourth-order valence-electron chi connectivity index (χ4n) is 2.01. The summed E-state index contributed by atoms with van der Waals surface area (Å²) in [6, 6.07) is 8.46. The SMILES string of the molecule is CN(C)CCCCNc1cccc2cc[nH]c12. The largest absolute Gasteiger partial charge is 0.383 e. The van der Waals surface area contributed by atoms with Crippen molar-refractivity contribution in [2.45, 2.75) is 12.8 Å². The van der Waals surface area contributed by atoms with Gasteiger partial charge < -0.3 is 15.2 Å². The summed E-state index contributed by atoms with van der Waals surface area (Å²) in [4.78, 5) is 5.50. The first kappa shape index (κ1) is 12.0. The van der Waals surface area contributed by atoms with E-state index in [1.54, 1.807) is 0 Å². The van der Waals surface area contributed by atoms with E-state index in [9.17, 15) is 0 Å². The van der Waals surface area contributed by atoms with Gasteiger partial charge in [0.25, 0.3) is 0 Å². The fraction of sp³-hybridized carbons (Fsp3) is 0.429. The topological polar surface area (TPSA) is 31.1 Å². The van der Waals surface area contributed by atoms with Gasteiger partial charge in [-0.3, -0.25) is 0 Å². The van der Waals surface area contributed by atoms with Gasteiger partial charge in [0.1, 0.15) is 0 Å². The van der Waals surface area contributed by atoms with Gasteiger partial charge in [0.2, 0.25) is 0 Å². The summed E-state index contributed by atoms with van der Waals surface area (Å²) in [5.41, 5.74) is 2.41. The van der Waals surface area contributed by atoms with Crippen LogP contribution in [0, 0.1) is 0 Å². The molecular formula is C14H21N3. The Kier molecular flexibility index (Phi) is 4.04. The molecule has 3 nitrogen and oxygen atoms in total. The summed E-state index contributed by atoms with van der Waals surface area (Å²) in [5, 5.41) is 4.76. The number of fused-ring (bicyclic) bond motifs is 1. The van der Waals surface area contributed by atoms with Crippen LogP contribution < -0.4 is 5.32 Å². The molecule has 0 unspecified atom stereocenters. The minimum atomic E-state index is 1.03. The van der Waals surface area contributed by atoms with Crippen molar-refractivity contribution in [1.29, 1.82) is 0 Å². The van der Waals surface area contributed by atoms with Crippen molar-refractivity contribution in [1.82, 2.24) is 9.88 Å². The fourth-order valence-corrected chi connectivity index (χ4v) is 2.01. The molecule has 0 aliphatic carbocycles. The van der Waals surface area contributed by atoms with Crippen molar-refractivity contribution in [3.8, 4) is 0 Å². The highest BCUT2D eigenvalue weighted by Crippen LogP contribution is 2.21. The monoisotopic (exact) mass is 231 g/mol. The molecule has 1 aromatic heterocycles. The molecule has 0 bridgehead atoms. The molecule has 1 heterocycles. The lowest BCUT2D eigenvalue weighted by Gasteiger charge is -2.10. The van der Waals surface area contributed by atoms with E-state index in [1.807, 2.05) is 6.20 Å². The zero-order chi connectivity index (χ0) is 12.1. The standard InChI is InChI=1S/C14H21N3/c1-17(2)11-4-3-9-15-13-7-5-6-12-8-10-16-14(12)13/h5-8,10,15-16H,3-4,9,11H2,1-2H3. The number of nitrogens with zero attached hydrogens (tertiary/aromatic N) is 1. The number of aromatic amines is 1. The smallest absolute Gasteiger partial charge is 0.0689 e. The van der Waals surface area contributed by atoms with Crippen molar-refractivity contribution >= 4 is 16.6 Å². The molecule has 0 saturated heterocycles. The second kappa shape index (κ2) is 5.73. The lowest BCUT2D eigenvalue weighted by molar-refractivity contribution is 0.396. The molecule has 2 aromatic rings. The van der Waals surface area contributed by atoms with E-state index >= 15 is 0 Å². The summed E-state index contributed by atoms with van der Waals surface area (Å²) in [6.07, 6.45) is 4.43. The van der Waals surface area contributed by atoms with Gasteiger partial charge in [-0.05, 0) is 45.6 Å². The first-order valence-corrected chi connectivity index (χ1v) is 6.22. The van der Waals surface area contributed by atoms with E-state index < -0.39 is 0 Å². The van der Waals surface area contributed by atoms with E-state index in [0.29, 0.717) is 0 Å². The number of anilines is 1. The van der Waals surface area contributed by atoms with Crippen molar-refractivity contribution in [2.75, 3.05) is 32.5 Å². The van der Waals surface area contributed by atoms with Crippen LogP contribution in [0.15, 0.2) is 30.5 Å². The Labute approximate surface area is 103 Å². The first-order valence-electron chi connectivity index (χ1n) is 6.22. The molecule has 17 heavy (non-hydrogen) atoms. The number of H-pyrrole nitrogens is 1. The molecule has 92 valence electrons. The van der Waals surface area contributed by atoms with Crippen molar-refractivity contribution < 1.29 is 0 Å². The predicted octanol–water partition coefficient (Wildman–Crippen LogP) is 2.92. The number of benzene rings is 1. The Morgan fingerprint density at radius 3 is 2.88 bits per heavy atom. The highest BCUT2D eigenvalue weighted by molar-refractivity contribution is 5.90. The molecule has 0 spiro atoms. The van der Waals surface area contributed by atoms with Gasteiger partial charge in [-0.25, -0.2) is 0 Å². The molecule has 2 N–H and O–H groups in total. The van der Waals surface area contributed by atoms with Gasteiger partial charge in [0.05, 0.1) is 11.2 Å². The molecule has 2 rings (SSSR count). The van der Waals surface area contributed by atoms with Crippen LogP contribution in [0.4, 0.5) is 5.69 Å². The van der Waals surface area contributed by atoms with E-state index in [4.69, 9.17) is 0 Å². The highest BCUT2D eigenvalue weighted by atomic mass is 15.0. The number of nitrogens with one attached hydrogen (secondary N) is 2. The van der Waals surface area contributed by atoms with E-state index in [1.165, 1.54) is 29.4 Å². The van der Waals surface area contributed by atoms with Gasteiger partial charge in [-0.15, -0.1) is 0 Å². The van der Waals surface area contributed by atoms with Gasteiger partial charge in [-0.1, -0.05) is 12.1 Å². The summed E-state index contributed by atoms with van der Waals surface area (Å²) < 4.78 is 0. The molecule has 0 amide bonds. The van der Waals surface area contributed by atoms with Crippen LogP contribution in [0.3, 0.4) is 0 Å². The summed E-state index contributed by atoms with van der Waals surface area (Å²) >= 11 is 0. The summed E-state index contributed by atoms with van der Waals surface area (Å²) in [7, 11) is 4.24. The summed E-state index contributed by atoms with van der Waals surface area (Å²) in [5.74, 6) is 0. The molecule has 3 heteroatoms. The number of unbranched alkanes of at least 4 members (excludes halogenated alkanes) is 1. The third kappa shape index (κ3) is 3.24. The highest BCUT2D eigenvalue weighted by Gasteiger charge is 2.00. The van der Waals surface area contributed by atoms with Crippen LogP contribution in [0.2, 0.25) is 0 Å². The van der Waals surface area contributed by atoms with Crippen LogP contribution in [-0.4, -0.2) is 37.1 Å².